The van der Waals surface area contributed by atoms with Crippen molar-refractivity contribution in [1.29, 1.82) is 0 Å². The molecule has 0 spiro atoms. The molecule has 0 aromatic heterocycles. The first-order valence-corrected chi connectivity index (χ1v) is 10.4. The molecule has 156 valence electrons. The van der Waals surface area contributed by atoms with Gasteiger partial charge in [-0.2, -0.15) is 0 Å². The van der Waals surface area contributed by atoms with E-state index in [0.717, 1.165) is 11.3 Å². The predicted octanol–water partition coefficient (Wildman–Crippen LogP) is 6.18. The lowest BCUT2D eigenvalue weighted by atomic mass is 10.1. The fourth-order valence-electron chi connectivity index (χ4n) is 3.74. The van der Waals surface area contributed by atoms with Crippen molar-refractivity contribution in [2.75, 3.05) is 7.11 Å². The second kappa shape index (κ2) is 8.73. The van der Waals surface area contributed by atoms with E-state index in [-0.39, 0.29) is 23.9 Å². The van der Waals surface area contributed by atoms with Crippen molar-refractivity contribution in [2.24, 2.45) is 17.3 Å². The molecular weight excluding hydrogens is 435 g/mol. The zero-order chi connectivity index (χ0) is 21.2. The van der Waals surface area contributed by atoms with Gasteiger partial charge < -0.3 is 14.2 Å². The van der Waals surface area contributed by atoms with Crippen LogP contribution in [0, 0.1) is 17.3 Å². The van der Waals surface area contributed by atoms with Crippen LogP contribution in [0.25, 0.3) is 0 Å². The van der Waals surface area contributed by atoms with Crippen LogP contribution in [-0.2, 0) is 20.9 Å². The van der Waals surface area contributed by atoms with Gasteiger partial charge in [-0.1, -0.05) is 79.0 Å². The van der Waals surface area contributed by atoms with Crippen molar-refractivity contribution < 1.29 is 19.0 Å². The Kier molecular flexibility index (Phi) is 6.69. The third-order valence-corrected chi connectivity index (χ3v) is 5.97. The number of alkyl halides is 3. The molecule has 7 heteroatoms. The van der Waals surface area contributed by atoms with Gasteiger partial charge in [0.25, 0.3) is 0 Å². The fourth-order valence-corrected chi connectivity index (χ4v) is 4.42. The quantitative estimate of drug-likeness (QED) is 0.368. The summed E-state index contributed by atoms with van der Waals surface area (Å²) >= 11 is 18.1. The van der Waals surface area contributed by atoms with Crippen molar-refractivity contribution in [2.45, 2.75) is 30.4 Å². The topological polar surface area (TPSA) is 44.8 Å². The monoisotopic (exact) mass is 456 g/mol. The van der Waals surface area contributed by atoms with Gasteiger partial charge in [0.15, 0.2) is 0 Å². The number of halogens is 3. The summed E-state index contributed by atoms with van der Waals surface area (Å²) in [5.41, 5.74) is 0.450. The molecule has 3 atom stereocenters. The van der Waals surface area contributed by atoms with Gasteiger partial charge in [0.05, 0.1) is 5.92 Å². The highest BCUT2D eigenvalue weighted by Crippen LogP contribution is 2.63. The molecule has 0 radical (unpaired) electrons. The van der Waals surface area contributed by atoms with Gasteiger partial charge in [-0.15, -0.1) is 0 Å². The van der Waals surface area contributed by atoms with Gasteiger partial charge in [0.1, 0.15) is 24.2 Å². The summed E-state index contributed by atoms with van der Waals surface area (Å²) in [7, 11) is 1.47. The molecule has 1 aliphatic carbocycles. The minimum atomic E-state index is -1.62. The molecule has 2 aromatic carbocycles. The molecule has 0 heterocycles. The Balaban J connectivity index is 1.62. The number of benzene rings is 2. The Labute approximate surface area is 186 Å². The number of hydrogen-bond donors (Lipinski definition) is 0. The number of carbonyl (C=O) groups is 1. The molecule has 4 nitrogen and oxygen atoms in total. The molecule has 1 aliphatic rings. The molecule has 29 heavy (non-hydrogen) atoms. The van der Waals surface area contributed by atoms with E-state index in [9.17, 15) is 4.79 Å². The highest BCUT2D eigenvalue weighted by atomic mass is 35.6. The highest BCUT2D eigenvalue weighted by molar-refractivity contribution is 6.68. The van der Waals surface area contributed by atoms with E-state index in [1.807, 2.05) is 68.4 Å². The lowest BCUT2D eigenvalue weighted by Gasteiger charge is -2.24. The Bertz CT molecular complexity index is 849. The number of rotatable bonds is 7. The molecule has 0 aliphatic heterocycles. The van der Waals surface area contributed by atoms with E-state index >= 15 is 0 Å². The summed E-state index contributed by atoms with van der Waals surface area (Å²) in [6.45, 7) is 4.02. The summed E-state index contributed by atoms with van der Waals surface area (Å²) in [5.74, 6) is 0.448. The summed E-state index contributed by atoms with van der Waals surface area (Å²) in [6.07, 6.45) is -0.692. The van der Waals surface area contributed by atoms with Gasteiger partial charge >= 0.3 is 5.97 Å². The van der Waals surface area contributed by atoms with Crippen molar-refractivity contribution in [3.05, 3.63) is 60.2 Å². The molecule has 0 N–H and O–H groups in total. The number of esters is 1. The van der Waals surface area contributed by atoms with Crippen molar-refractivity contribution >= 4 is 40.8 Å². The minimum Gasteiger partial charge on any atom is -0.461 e. The molecule has 0 unspecified atom stereocenters. The number of carbonyl (C=O) groups excluding carboxylic acids is 1. The standard InChI is InChI=1S/C22H23Cl3O4/c1-21(2)17(19(27-3)22(23,24)25)18(21)20(26)28-13-14-8-7-11-16(12-14)29-15-9-5-4-6-10-15/h4-12,17-19H,13H2,1-3H3/t17-,18+,19-/m1/s1. The number of methoxy groups -OCH3 is 1. The second-order valence-electron chi connectivity index (χ2n) is 7.69. The van der Waals surface area contributed by atoms with Crippen LogP contribution in [0.15, 0.2) is 54.6 Å². The van der Waals surface area contributed by atoms with Gasteiger partial charge in [-0.3, -0.25) is 4.79 Å². The lowest BCUT2D eigenvalue weighted by Crippen LogP contribution is -2.32. The number of hydrogen-bond acceptors (Lipinski definition) is 4. The first-order valence-electron chi connectivity index (χ1n) is 9.22. The Hall–Kier alpha value is -1.46. The van der Waals surface area contributed by atoms with Crippen LogP contribution in [0.3, 0.4) is 0 Å². The first-order chi connectivity index (χ1) is 13.6. The average molecular weight is 458 g/mol. The third kappa shape index (κ3) is 5.18. The van der Waals surface area contributed by atoms with Crippen LogP contribution < -0.4 is 4.74 Å². The van der Waals surface area contributed by atoms with E-state index in [2.05, 4.69) is 0 Å². The van der Waals surface area contributed by atoms with Crippen molar-refractivity contribution in [3.63, 3.8) is 0 Å². The van der Waals surface area contributed by atoms with Gasteiger partial charge in [0.2, 0.25) is 3.79 Å². The molecular formula is C22H23Cl3O4. The molecule has 0 amide bonds. The third-order valence-electron chi connectivity index (χ3n) is 5.33. The van der Waals surface area contributed by atoms with Crippen LogP contribution >= 0.6 is 34.8 Å². The van der Waals surface area contributed by atoms with Crippen LogP contribution in [-0.4, -0.2) is 23.0 Å². The maximum atomic E-state index is 12.7. The summed E-state index contributed by atoms with van der Waals surface area (Å²) in [4.78, 5) is 12.7. The summed E-state index contributed by atoms with van der Waals surface area (Å²) < 4.78 is 15.1. The number of para-hydroxylation sites is 1. The van der Waals surface area contributed by atoms with Gasteiger partial charge in [-0.05, 0) is 35.2 Å². The molecule has 2 aromatic rings. The summed E-state index contributed by atoms with van der Waals surface area (Å²) in [5, 5.41) is 0. The zero-order valence-electron chi connectivity index (χ0n) is 16.4. The van der Waals surface area contributed by atoms with E-state index in [1.165, 1.54) is 7.11 Å². The van der Waals surface area contributed by atoms with Crippen LogP contribution in [0.1, 0.15) is 19.4 Å². The maximum absolute atomic E-state index is 12.7. The molecule has 1 fully saturated rings. The first kappa shape index (κ1) is 22.2. The second-order valence-corrected chi connectivity index (χ2v) is 10.1. The predicted molar refractivity (Wildman–Crippen MR) is 115 cm³/mol. The molecule has 0 bridgehead atoms. The summed E-state index contributed by atoms with van der Waals surface area (Å²) in [6, 6.07) is 16.9. The normalized spacial score (nSPS) is 21.3. The fraction of sp³-hybridized carbons (Fsp3) is 0.409. The minimum absolute atomic E-state index is 0.134. The van der Waals surface area contributed by atoms with Crippen LogP contribution in [0.2, 0.25) is 0 Å². The van der Waals surface area contributed by atoms with Gasteiger partial charge in [0, 0.05) is 13.0 Å². The lowest BCUT2D eigenvalue weighted by molar-refractivity contribution is -0.148. The van der Waals surface area contributed by atoms with E-state index in [0.29, 0.717) is 5.75 Å². The molecule has 3 rings (SSSR count). The van der Waals surface area contributed by atoms with Gasteiger partial charge in [-0.25, -0.2) is 0 Å². The van der Waals surface area contributed by atoms with E-state index in [4.69, 9.17) is 49.0 Å². The largest absolute Gasteiger partial charge is 0.461 e. The van der Waals surface area contributed by atoms with Crippen molar-refractivity contribution in [1.82, 2.24) is 0 Å². The highest BCUT2D eigenvalue weighted by Gasteiger charge is 2.68. The maximum Gasteiger partial charge on any atom is 0.310 e. The molecule has 0 saturated heterocycles. The van der Waals surface area contributed by atoms with Crippen molar-refractivity contribution in [3.8, 4) is 11.5 Å². The number of ether oxygens (including phenoxy) is 3. The van der Waals surface area contributed by atoms with E-state index in [1.54, 1.807) is 0 Å². The smallest absolute Gasteiger partial charge is 0.310 e. The van der Waals surface area contributed by atoms with Crippen LogP contribution in [0.4, 0.5) is 0 Å². The molecule has 1 saturated carbocycles. The SMILES string of the molecule is CO[C@H]([C@H]1[C@@H](C(=O)OCc2cccc(Oc3ccccc3)c2)C1(C)C)C(Cl)(Cl)Cl. The Morgan fingerprint density at radius 3 is 2.34 bits per heavy atom. The Morgan fingerprint density at radius 1 is 1.07 bits per heavy atom. The van der Waals surface area contributed by atoms with E-state index < -0.39 is 15.8 Å². The zero-order valence-corrected chi connectivity index (χ0v) is 18.7. The van der Waals surface area contributed by atoms with Crippen LogP contribution in [0.5, 0.6) is 11.5 Å². The Morgan fingerprint density at radius 2 is 1.72 bits per heavy atom. The average Bonchev–Trinajstić information content (AvgIpc) is 3.22.